The smallest absolute Gasteiger partial charge is 0.110 e. The highest BCUT2D eigenvalue weighted by molar-refractivity contribution is 6.34. The Kier molecular flexibility index (Phi) is 4.86. The van der Waals surface area contributed by atoms with Crippen LogP contribution in [0.15, 0.2) is 30.6 Å². The Morgan fingerprint density at radius 2 is 1.95 bits per heavy atom. The largest absolute Gasteiger partial charge is 0.338 e. The Labute approximate surface area is 123 Å². The molecule has 5 heteroatoms. The highest BCUT2D eigenvalue weighted by atomic mass is 35.5. The van der Waals surface area contributed by atoms with Crippen LogP contribution in [0.1, 0.15) is 24.4 Å². The first-order valence-corrected chi connectivity index (χ1v) is 7.01. The molecule has 0 aliphatic rings. The molecule has 0 fully saturated rings. The molecule has 0 bridgehead atoms. The van der Waals surface area contributed by atoms with Gasteiger partial charge in [0.1, 0.15) is 5.82 Å². The molecule has 1 N–H and O–H groups in total. The zero-order valence-corrected chi connectivity index (χ0v) is 12.5. The number of likely N-dealkylation sites (N-methyl/N-ethyl adjacent to an activating group) is 1. The van der Waals surface area contributed by atoms with Crippen molar-refractivity contribution in [2.45, 2.75) is 19.4 Å². The number of hydrogen-bond acceptors (Lipinski definition) is 2. The molecule has 0 aliphatic heterocycles. The predicted molar refractivity (Wildman–Crippen MR) is 79.8 cm³/mol. The molecule has 19 heavy (non-hydrogen) atoms. The number of aromatic nitrogens is 2. The van der Waals surface area contributed by atoms with Gasteiger partial charge in [-0.2, -0.15) is 0 Å². The average Bonchev–Trinajstić information content (AvgIpc) is 2.73. The molecular weight excluding hydrogens is 281 g/mol. The maximum Gasteiger partial charge on any atom is 0.110 e. The molecule has 1 unspecified atom stereocenters. The quantitative estimate of drug-likeness (QED) is 0.913. The van der Waals surface area contributed by atoms with Gasteiger partial charge >= 0.3 is 0 Å². The third-order valence-electron chi connectivity index (χ3n) is 3.05. The van der Waals surface area contributed by atoms with Crippen molar-refractivity contribution in [2.24, 2.45) is 7.05 Å². The molecule has 0 saturated heterocycles. The van der Waals surface area contributed by atoms with Gasteiger partial charge in [0, 0.05) is 41.9 Å². The lowest BCUT2D eigenvalue weighted by atomic mass is 10.0. The summed E-state index contributed by atoms with van der Waals surface area (Å²) in [5, 5.41) is 4.76. The van der Waals surface area contributed by atoms with Gasteiger partial charge in [-0.25, -0.2) is 4.98 Å². The minimum Gasteiger partial charge on any atom is -0.338 e. The van der Waals surface area contributed by atoms with Gasteiger partial charge in [0.05, 0.1) is 0 Å². The average molecular weight is 298 g/mol. The van der Waals surface area contributed by atoms with E-state index >= 15 is 0 Å². The van der Waals surface area contributed by atoms with Crippen LogP contribution in [0.5, 0.6) is 0 Å². The minimum absolute atomic E-state index is 0.155. The van der Waals surface area contributed by atoms with E-state index in [1.54, 1.807) is 6.07 Å². The Bertz CT molecular complexity index is 531. The number of hydrogen-bond donors (Lipinski definition) is 1. The zero-order chi connectivity index (χ0) is 13.8. The summed E-state index contributed by atoms with van der Waals surface area (Å²) in [4.78, 5) is 4.37. The summed E-state index contributed by atoms with van der Waals surface area (Å²) in [6.07, 6.45) is 4.56. The summed E-state index contributed by atoms with van der Waals surface area (Å²) in [5.74, 6) is 1.03. The second-order valence-electron chi connectivity index (χ2n) is 4.47. The van der Waals surface area contributed by atoms with Gasteiger partial charge in [0.15, 0.2) is 0 Å². The van der Waals surface area contributed by atoms with E-state index in [1.165, 1.54) is 0 Å². The van der Waals surface area contributed by atoms with Crippen molar-refractivity contribution >= 4 is 23.2 Å². The number of nitrogens with zero attached hydrogens (tertiary/aromatic N) is 2. The summed E-state index contributed by atoms with van der Waals surface area (Å²) in [6.45, 7) is 2.96. The fourth-order valence-electron chi connectivity index (χ4n) is 2.11. The van der Waals surface area contributed by atoms with Crippen molar-refractivity contribution in [3.8, 4) is 0 Å². The topological polar surface area (TPSA) is 29.9 Å². The van der Waals surface area contributed by atoms with Crippen molar-refractivity contribution in [3.05, 3.63) is 52.0 Å². The fourth-order valence-corrected chi connectivity index (χ4v) is 2.65. The summed E-state index contributed by atoms with van der Waals surface area (Å²) >= 11 is 12.1. The van der Waals surface area contributed by atoms with E-state index in [4.69, 9.17) is 23.2 Å². The van der Waals surface area contributed by atoms with Crippen LogP contribution >= 0.6 is 23.2 Å². The van der Waals surface area contributed by atoms with Gasteiger partial charge < -0.3 is 9.88 Å². The second kappa shape index (κ2) is 6.42. The van der Waals surface area contributed by atoms with E-state index in [1.807, 2.05) is 36.1 Å². The van der Waals surface area contributed by atoms with Crippen LogP contribution in [0.4, 0.5) is 0 Å². The fraction of sp³-hybridized carbons (Fsp3) is 0.357. The van der Waals surface area contributed by atoms with E-state index in [2.05, 4.69) is 17.2 Å². The zero-order valence-electron chi connectivity index (χ0n) is 11.0. The predicted octanol–water partition coefficient (Wildman–Crippen LogP) is 3.62. The molecule has 1 heterocycles. The van der Waals surface area contributed by atoms with Gasteiger partial charge in [-0.15, -0.1) is 0 Å². The summed E-state index contributed by atoms with van der Waals surface area (Å²) in [6, 6.07) is 5.80. The molecule has 0 radical (unpaired) electrons. The van der Waals surface area contributed by atoms with Crippen molar-refractivity contribution in [3.63, 3.8) is 0 Å². The summed E-state index contributed by atoms with van der Waals surface area (Å²) in [5.41, 5.74) is 1.09. The normalized spacial score (nSPS) is 12.6. The van der Waals surface area contributed by atoms with Crippen LogP contribution in [-0.4, -0.2) is 16.1 Å². The molecule has 1 atom stereocenters. The highest BCUT2D eigenvalue weighted by Gasteiger charge is 2.14. The van der Waals surface area contributed by atoms with Gasteiger partial charge in [-0.3, -0.25) is 0 Å². The molecule has 0 saturated carbocycles. The number of nitrogens with one attached hydrogen (secondary N) is 1. The molecular formula is C14H17Cl2N3. The Balaban J connectivity index is 2.26. The lowest BCUT2D eigenvalue weighted by molar-refractivity contribution is 0.529. The third kappa shape index (κ3) is 3.72. The van der Waals surface area contributed by atoms with Crippen LogP contribution in [0.2, 0.25) is 10.0 Å². The number of aryl methyl sites for hydroxylation is 1. The maximum atomic E-state index is 6.07. The maximum absolute atomic E-state index is 6.07. The standard InChI is InChI=1S/C14H17Cl2N3/c1-3-17-13(9-14-18-4-5-19(14)2)10-6-11(15)8-12(16)7-10/h4-8,13,17H,3,9H2,1-2H3. The molecule has 0 spiro atoms. The van der Waals surface area contributed by atoms with Gasteiger partial charge in [0.25, 0.3) is 0 Å². The number of imidazole rings is 1. The molecule has 102 valence electrons. The molecule has 1 aromatic heterocycles. The van der Waals surface area contributed by atoms with Crippen LogP contribution in [0.3, 0.4) is 0 Å². The SMILES string of the molecule is CCNC(Cc1nccn1C)c1cc(Cl)cc(Cl)c1. The third-order valence-corrected chi connectivity index (χ3v) is 3.48. The molecule has 2 aromatic rings. The summed E-state index contributed by atoms with van der Waals surface area (Å²) < 4.78 is 2.02. The number of benzene rings is 1. The molecule has 3 nitrogen and oxygen atoms in total. The lowest BCUT2D eigenvalue weighted by Crippen LogP contribution is -2.24. The Morgan fingerprint density at radius 1 is 1.26 bits per heavy atom. The van der Waals surface area contributed by atoms with E-state index in [-0.39, 0.29) is 6.04 Å². The van der Waals surface area contributed by atoms with Gasteiger partial charge in [0.2, 0.25) is 0 Å². The Morgan fingerprint density at radius 3 is 2.47 bits per heavy atom. The molecule has 1 aromatic carbocycles. The van der Waals surface area contributed by atoms with Crippen molar-refractivity contribution in [2.75, 3.05) is 6.54 Å². The van der Waals surface area contributed by atoms with Crippen molar-refractivity contribution in [1.82, 2.24) is 14.9 Å². The molecule has 2 rings (SSSR count). The van der Waals surface area contributed by atoms with Crippen molar-refractivity contribution < 1.29 is 0 Å². The van der Waals surface area contributed by atoms with E-state index < -0.39 is 0 Å². The van der Waals surface area contributed by atoms with Gasteiger partial charge in [-0.1, -0.05) is 30.1 Å². The van der Waals surface area contributed by atoms with E-state index in [0.717, 1.165) is 24.4 Å². The van der Waals surface area contributed by atoms with Crippen LogP contribution in [0.25, 0.3) is 0 Å². The molecule has 0 aliphatic carbocycles. The lowest BCUT2D eigenvalue weighted by Gasteiger charge is -2.18. The molecule has 0 amide bonds. The first-order valence-electron chi connectivity index (χ1n) is 6.25. The van der Waals surface area contributed by atoms with Crippen molar-refractivity contribution in [1.29, 1.82) is 0 Å². The first kappa shape index (κ1) is 14.4. The Hall–Kier alpha value is -1.03. The highest BCUT2D eigenvalue weighted by Crippen LogP contribution is 2.25. The second-order valence-corrected chi connectivity index (χ2v) is 5.34. The van der Waals surface area contributed by atoms with E-state index in [9.17, 15) is 0 Å². The van der Waals surface area contributed by atoms with Gasteiger partial charge in [-0.05, 0) is 30.3 Å². The number of rotatable bonds is 5. The van der Waals surface area contributed by atoms with Crippen LogP contribution in [-0.2, 0) is 13.5 Å². The van der Waals surface area contributed by atoms with Crippen LogP contribution < -0.4 is 5.32 Å². The number of halogens is 2. The first-order chi connectivity index (χ1) is 9.10. The summed E-state index contributed by atoms with van der Waals surface area (Å²) in [7, 11) is 2.00. The monoisotopic (exact) mass is 297 g/mol. The van der Waals surface area contributed by atoms with E-state index in [0.29, 0.717) is 10.0 Å². The van der Waals surface area contributed by atoms with Crippen LogP contribution in [0, 0.1) is 0 Å². The minimum atomic E-state index is 0.155.